The summed E-state index contributed by atoms with van der Waals surface area (Å²) in [5, 5.41) is 4.05. The van der Waals surface area contributed by atoms with Gasteiger partial charge in [0.25, 0.3) is 17.7 Å². The molecule has 0 saturated heterocycles. The highest BCUT2D eigenvalue weighted by atomic mass is 35.5. The predicted molar refractivity (Wildman–Crippen MR) is 119 cm³/mol. The number of hydrogen-bond donors (Lipinski definition) is 1. The average Bonchev–Trinajstić information content (AvgIpc) is 3.23. The van der Waals surface area contributed by atoms with Gasteiger partial charge in [-0.2, -0.15) is 0 Å². The molecule has 30 heavy (non-hydrogen) atoms. The minimum absolute atomic E-state index is 0.347. The van der Waals surface area contributed by atoms with E-state index in [1.807, 2.05) is 24.3 Å². The third kappa shape index (κ3) is 2.89. The highest BCUT2D eigenvalue weighted by molar-refractivity contribution is 7.21. The van der Waals surface area contributed by atoms with E-state index in [0.29, 0.717) is 32.4 Å². The number of fused-ring (bicyclic) bond motifs is 2. The number of anilines is 2. The second-order valence-electron chi connectivity index (χ2n) is 6.74. The van der Waals surface area contributed by atoms with Crippen molar-refractivity contribution in [2.75, 3.05) is 10.2 Å². The molecule has 0 unspecified atom stereocenters. The van der Waals surface area contributed by atoms with Gasteiger partial charge in [0, 0.05) is 15.8 Å². The Morgan fingerprint density at radius 2 is 1.53 bits per heavy atom. The van der Waals surface area contributed by atoms with Gasteiger partial charge in [0.05, 0.1) is 21.8 Å². The van der Waals surface area contributed by atoms with Crippen LogP contribution in [0.5, 0.6) is 0 Å². The predicted octanol–water partition coefficient (Wildman–Crippen LogP) is 5.61. The topological polar surface area (TPSA) is 66.5 Å². The van der Waals surface area contributed by atoms with E-state index in [2.05, 4.69) is 5.32 Å². The summed E-state index contributed by atoms with van der Waals surface area (Å²) < 4.78 is 0.924. The number of hydrogen-bond acceptors (Lipinski definition) is 4. The average molecular weight is 433 g/mol. The molecule has 0 aliphatic carbocycles. The molecular weight excluding hydrogens is 420 g/mol. The lowest BCUT2D eigenvalue weighted by atomic mass is 10.1. The molecular formula is C23H13ClN2O3S. The molecule has 1 N–H and O–H groups in total. The Morgan fingerprint density at radius 1 is 0.867 bits per heavy atom. The molecule has 1 aliphatic heterocycles. The summed E-state index contributed by atoms with van der Waals surface area (Å²) in [5.41, 5.74) is 1.59. The van der Waals surface area contributed by atoms with Crippen molar-refractivity contribution in [3.05, 3.63) is 93.8 Å². The molecule has 1 aliphatic rings. The highest BCUT2D eigenvalue weighted by Crippen LogP contribution is 2.36. The zero-order valence-corrected chi connectivity index (χ0v) is 17.0. The van der Waals surface area contributed by atoms with Crippen LogP contribution in [0.2, 0.25) is 5.02 Å². The number of nitrogens with zero attached hydrogens (tertiary/aromatic N) is 1. The fourth-order valence-electron chi connectivity index (χ4n) is 3.49. The van der Waals surface area contributed by atoms with Gasteiger partial charge in [0.2, 0.25) is 0 Å². The number of halogens is 1. The summed E-state index contributed by atoms with van der Waals surface area (Å²) in [5.74, 6) is -1.11. The number of rotatable bonds is 3. The Morgan fingerprint density at radius 3 is 2.23 bits per heavy atom. The first-order valence-electron chi connectivity index (χ1n) is 9.11. The zero-order chi connectivity index (χ0) is 20.8. The molecule has 3 aromatic carbocycles. The molecule has 3 amide bonds. The molecule has 146 valence electrons. The van der Waals surface area contributed by atoms with Gasteiger partial charge in [-0.05, 0) is 36.4 Å². The summed E-state index contributed by atoms with van der Waals surface area (Å²) in [6.07, 6.45) is 0. The molecule has 0 spiro atoms. The summed E-state index contributed by atoms with van der Waals surface area (Å²) in [7, 11) is 0. The van der Waals surface area contributed by atoms with Crippen LogP contribution in [-0.2, 0) is 0 Å². The van der Waals surface area contributed by atoms with Crippen molar-refractivity contribution in [1.82, 2.24) is 0 Å². The van der Waals surface area contributed by atoms with Crippen molar-refractivity contribution in [3.63, 3.8) is 0 Å². The van der Waals surface area contributed by atoms with Crippen LogP contribution in [-0.4, -0.2) is 17.7 Å². The van der Waals surface area contributed by atoms with Crippen LogP contribution in [0.4, 0.5) is 11.4 Å². The van der Waals surface area contributed by atoms with Crippen LogP contribution in [0, 0.1) is 0 Å². The minimum Gasteiger partial charge on any atom is -0.321 e. The fraction of sp³-hybridized carbons (Fsp3) is 0. The van der Waals surface area contributed by atoms with Crippen molar-refractivity contribution in [2.24, 2.45) is 0 Å². The number of imide groups is 1. The molecule has 0 bridgehead atoms. The smallest absolute Gasteiger partial charge is 0.267 e. The summed E-state index contributed by atoms with van der Waals surface area (Å²) in [4.78, 5) is 39.8. The lowest BCUT2D eigenvalue weighted by molar-refractivity contribution is 0.0925. The lowest BCUT2D eigenvalue weighted by Crippen LogP contribution is -2.29. The second-order valence-corrected chi connectivity index (χ2v) is 8.17. The van der Waals surface area contributed by atoms with Crippen molar-refractivity contribution < 1.29 is 14.4 Å². The van der Waals surface area contributed by atoms with E-state index >= 15 is 0 Å². The van der Waals surface area contributed by atoms with Crippen molar-refractivity contribution in [1.29, 1.82) is 0 Å². The maximum absolute atomic E-state index is 12.8. The number of nitrogens with one attached hydrogen (secondary N) is 1. The van der Waals surface area contributed by atoms with Crippen molar-refractivity contribution in [3.8, 4) is 0 Å². The number of carbonyl (C=O) groups is 3. The van der Waals surface area contributed by atoms with E-state index in [1.165, 1.54) is 11.3 Å². The fourth-order valence-corrected chi connectivity index (χ4v) is 4.91. The summed E-state index contributed by atoms with van der Waals surface area (Å²) in [6.45, 7) is 0. The van der Waals surface area contributed by atoms with Crippen LogP contribution in [0.25, 0.3) is 10.1 Å². The van der Waals surface area contributed by atoms with Gasteiger partial charge in [-0.15, -0.1) is 11.3 Å². The van der Waals surface area contributed by atoms with Crippen LogP contribution >= 0.6 is 22.9 Å². The van der Waals surface area contributed by atoms with Crippen LogP contribution in [0.1, 0.15) is 30.4 Å². The molecule has 0 fully saturated rings. The minimum atomic E-state index is -0.383. The Hall–Kier alpha value is -3.48. The molecule has 2 heterocycles. The van der Waals surface area contributed by atoms with Gasteiger partial charge in [-0.1, -0.05) is 48.0 Å². The summed E-state index contributed by atoms with van der Waals surface area (Å²) in [6, 6.07) is 20.9. The Bertz CT molecular complexity index is 1330. The Labute approximate surface area is 180 Å². The van der Waals surface area contributed by atoms with Crippen LogP contribution < -0.4 is 10.2 Å². The Balaban J connectivity index is 1.44. The monoisotopic (exact) mass is 432 g/mol. The molecule has 0 atom stereocenters. The third-order valence-electron chi connectivity index (χ3n) is 4.90. The molecule has 0 radical (unpaired) electrons. The molecule has 4 aromatic rings. The van der Waals surface area contributed by atoms with E-state index < -0.39 is 0 Å². The maximum atomic E-state index is 12.8. The lowest BCUT2D eigenvalue weighted by Gasteiger charge is -2.15. The largest absolute Gasteiger partial charge is 0.321 e. The summed E-state index contributed by atoms with van der Waals surface area (Å²) >= 11 is 7.71. The first-order chi connectivity index (χ1) is 14.5. The van der Waals surface area contributed by atoms with E-state index in [4.69, 9.17) is 11.6 Å². The number of thiophene rings is 1. The van der Waals surface area contributed by atoms with Gasteiger partial charge in [0.1, 0.15) is 4.88 Å². The quantitative estimate of drug-likeness (QED) is 0.428. The van der Waals surface area contributed by atoms with Gasteiger partial charge >= 0.3 is 0 Å². The standard InChI is InChI=1S/C23H13ClN2O3S/c24-19-17-10-3-4-11-18(17)30-20(19)21(27)25-13-6-5-7-14(12-13)26-22(28)15-8-1-2-9-16(15)23(26)29/h1-12H,(H,25,27). The van der Waals surface area contributed by atoms with Crippen LogP contribution in [0.3, 0.4) is 0 Å². The Kier molecular flexibility index (Phi) is 4.38. The van der Waals surface area contributed by atoms with E-state index in [-0.39, 0.29) is 17.7 Å². The van der Waals surface area contributed by atoms with Crippen molar-refractivity contribution in [2.45, 2.75) is 0 Å². The first kappa shape index (κ1) is 18.5. The van der Waals surface area contributed by atoms with Gasteiger partial charge in [0.15, 0.2) is 0 Å². The molecule has 0 saturated carbocycles. The number of carbonyl (C=O) groups excluding carboxylic acids is 3. The van der Waals surface area contributed by atoms with E-state index in [9.17, 15) is 14.4 Å². The zero-order valence-electron chi connectivity index (χ0n) is 15.4. The second kappa shape index (κ2) is 7.09. The van der Waals surface area contributed by atoms with E-state index in [0.717, 1.165) is 15.0 Å². The van der Waals surface area contributed by atoms with Crippen LogP contribution in [0.15, 0.2) is 72.8 Å². The van der Waals surface area contributed by atoms with Gasteiger partial charge in [-0.25, -0.2) is 4.90 Å². The van der Waals surface area contributed by atoms with E-state index in [1.54, 1.807) is 48.5 Å². The molecule has 7 heteroatoms. The highest BCUT2D eigenvalue weighted by Gasteiger charge is 2.36. The molecule has 5 rings (SSSR count). The maximum Gasteiger partial charge on any atom is 0.267 e. The third-order valence-corrected chi connectivity index (χ3v) is 6.57. The van der Waals surface area contributed by atoms with Crippen molar-refractivity contribution >= 4 is 62.1 Å². The first-order valence-corrected chi connectivity index (χ1v) is 10.3. The number of benzene rings is 3. The number of amides is 3. The van der Waals surface area contributed by atoms with Gasteiger partial charge in [-0.3, -0.25) is 14.4 Å². The molecule has 1 aromatic heterocycles. The van der Waals surface area contributed by atoms with Gasteiger partial charge < -0.3 is 5.32 Å². The molecule has 5 nitrogen and oxygen atoms in total. The normalized spacial score (nSPS) is 13.0. The SMILES string of the molecule is O=C(Nc1cccc(N2C(=O)c3ccccc3C2=O)c1)c1sc2ccccc2c1Cl.